The Balaban J connectivity index is 2.07. The van der Waals surface area contributed by atoms with E-state index in [0.717, 1.165) is 25.1 Å². The van der Waals surface area contributed by atoms with Gasteiger partial charge in [-0.3, -0.25) is 0 Å². The van der Waals surface area contributed by atoms with Crippen LogP contribution in [0.5, 0.6) is 5.75 Å². The number of hydrogen-bond acceptors (Lipinski definition) is 3. The van der Waals surface area contributed by atoms with E-state index >= 15 is 0 Å². The van der Waals surface area contributed by atoms with E-state index in [4.69, 9.17) is 10.5 Å². The zero-order valence-electron chi connectivity index (χ0n) is 10.7. The second-order valence-electron chi connectivity index (χ2n) is 5.04. The van der Waals surface area contributed by atoms with E-state index in [2.05, 4.69) is 37.2 Å². The molecule has 0 fully saturated rings. The first-order valence-electron chi connectivity index (χ1n) is 6.31. The van der Waals surface area contributed by atoms with Gasteiger partial charge in [-0.05, 0) is 45.1 Å². The first-order valence-corrected chi connectivity index (χ1v) is 6.31. The smallest absolute Gasteiger partial charge is 0.123 e. The van der Waals surface area contributed by atoms with E-state index in [1.165, 1.54) is 5.56 Å². The van der Waals surface area contributed by atoms with E-state index in [1.807, 2.05) is 6.07 Å². The van der Waals surface area contributed by atoms with Gasteiger partial charge in [0.05, 0.1) is 0 Å². The van der Waals surface area contributed by atoms with Crippen molar-refractivity contribution in [1.82, 2.24) is 4.90 Å². The van der Waals surface area contributed by atoms with Crippen molar-refractivity contribution in [2.75, 3.05) is 27.2 Å². The summed E-state index contributed by atoms with van der Waals surface area (Å²) in [7, 11) is 4.19. The van der Waals surface area contributed by atoms with E-state index in [-0.39, 0.29) is 0 Å². The lowest BCUT2D eigenvalue weighted by atomic mass is 9.89. The van der Waals surface area contributed by atoms with Gasteiger partial charge in [0, 0.05) is 12.5 Å². The molecule has 0 radical (unpaired) electrons. The summed E-state index contributed by atoms with van der Waals surface area (Å²) in [5.41, 5.74) is 7.14. The molecule has 17 heavy (non-hydrogen) atoms. The van der Waals surface area contributed by atoms with Crippen molar-refractivity contribution in [2.24, 2.45) is 5.73 Å². The van der Waals surface area contributed by atoms with Gasteiger partial charge in [0.25, 0.3) is 0 Å². The quantitative estimate of drug-likeness (QED) is 0.864. The molecule has 3 nitrogen and oxygen atoms in total. The van der Waals surface area contributed by atoms with Gasteiger partial charge in [0.2, 0.25) is 0 Å². The lowest BCUT2D eigenvalue weighted by molar-refractivity contribution is 0.140. The highest BCUT2D eigenvalue weighted by molar-refractivity contribution is 5.38. The average Bonchev–Trinajstić information content (AvgIpc) is 2.35. The maximum atomic E-state index is 6.03. The summed E-state index contributed by atoms with van der Waals surface area (Å²) in [6, 6.07) is 8.28. The number of nitrogens with two attached hydrogens (primary N) is 1. The number of fused-ring (bicyclic) bond motifs is 1. The monoisotopic (exact) mass is 234 g/mol. The van der Waals surface area contributed by atoms with Crippen LogP contribution in [0.15, 0.2) is 24.3 Å². The fourth-order valence-electron chi connectivity index (χ4n) is 2.40. The molecule has 2 N–H and O–H groups in total. The minimum absolute atomic E-state index is 0.306. The van der Waals surface area contributed by atoms with Gasteiger partial charge in [0.1, 0.15) is 11.9 Å². The number of nitrogens with zero attached hydrogens (tertiary/aromatic N) is 1. The molecular weight excluding hydrogens is 212 g/mol. The minimum atomic E-state index is 0.306. The highest BCUT2D eigenvalue weighted by Gasteiger charge is 2.26. The zero-order chi connectivity index (χ0) is 12.3. The molecule has 0 amide bonds. The van der Waals surface area contributed by atoms with Crippen molar-refractivity contribution in [2.45, 2.75) is 24.9 Å². The van der Waals surface area contributed by atoms with Crippen molar-refractivity contribution in [1.29, 1.82) is 0 Å². The zero-order valence-corrected chi connectivity index (χ0v) is 10.7. The van der Waals surface area contributed by atoms with Crippen LogP contribution in [-0.4, -0.2) is 38.2 Å². The highest BCUT2D eigenvalue weighted by atomic mass is 16.5. The van der Waals surface area contributed by atoms with Crippen molar-refractivity contribution < 1.29 is 4.74 Å². The van der Waals surface area contributed by atoms with Gasteiger partial charge in [-0.15, -0.1) is 0 Å². The first-order chi connectivity index (χ1) is 8.20. The lowest BCUT2D eigenvalue weighted by Gasteiger charge is -2.32. The Morgan fingerprint density at radius 3 is 2.82 bits per heavy atom. The molecule has 2 atom stereocenters. The third kappa shape index (κ3) is 2.99. The Kier molecular flexibility index (Phi) is 4.02. The fraction of sp³-hybridized carbons (Fsp3) is 0.571. The first kappa shape index (κ1) is 12.4. The number of ether oxygens (including phenoxy) is 1. The summed E-state index contributed by atoms with van der Waals surface area (Å²) in [5, 5.41) is 0. The molecule has 3 heteroatoms. The summed E-state index contributed by atoms with van der Waals surface area (Å²) in [4.78, 5) is 2.20. The predicted molar refractivity (Wildman–Crippen MR) is 70.4 cm³/mol. The van der Waals surface area contributed by atoms with Crippen molar-refractivity contribution in [3.63, 3.8) is 0 Å². The van der Waals surface area contributed by atoms with Gasteiger partial charge >= 0.3 is 0 Å². The lowest BCUT2D eigenvalue weighted by Crippen LogP contribution is -2.31. The molecular formula is C14H22N2O. The highest BCUT2D eigenvalue weighted by Crippen LogP contribution is 2.36. The Bertz CT molecular complexity index is 365. The SMILES string of the molecule is CN(C)CCC1CC(CN)c2ccccc2O1. The van der Waals surface area contributed by atoms with Gasteiger partial charge < -0.3 is 15.4 Å². The topological polar surface area (TPSA) is 38.5 Å². The summed E-state index contributed by atoms with van der Waals surface area (Å²) in [6.07, 6.45) is 2.42. The van der Waals surface area contributed by atoms with Crippen molar-refractivity contribution in [3.05, 3.63) is 29.8 Å². The number of benzene rings is 1. The maximum absolute atomic E-state index is 6.03. The van der Waals surface area contributed by atoms with Crippen LogP contribution < -0.4 is 10.5 Å². The molecule has 94 valence electrons. The molecule has 1 aliphatic heterocycles. The van der Waals surface area contributed by atoms with Crippen LogP contribution in [0.25, 0.3) is 0 Å². The molecule has 0 aromatic heterocycles. The van der Waals surface area contributed by atoms with E-state index in [0.29, 0.717) is 18.6 Å². The predicted octanol–water partition coefficient (Wildman–Crippen LogP) is 1.83. The Hall–Kier alpha value is -1.06. The Morgan fingerprint density at radius 1 is 1.35 bits per heavy atom. The molecule has 0 saturated heterocycles. The van der Waals surface area contributed by atoms with Crippen LogP contribution in [0.1, 0.15) is 24.3 Å². The Labute approximate surface area is 104 Å². The summed E-state index contributed by atoms with van der Waals surface area (Å²) in [6.45, 7) is 1.77. The van der Waals surface area contributed by atoms with E-state index < -0.39 is 0 Å². The summed E-state index contributed by atoms with van der Waals surface area (Å²) >= 11 is 0. The maximum Gasteiger partial charge on any atom is 0.123 e. The molecule has 0 saturated carbocycles. The standard InChI is InChI=1S/C14H22N2O/c1-16(2)8-7-12-9-11(10-15)13-5-3-4-6-14(13)17-12/h3-6,11-12H,7-10,15H2,1-2H3. The average molecular weight is 234 g/mol. The molecule has 1 aromatic carbocycles. The third-order valence-corrected chi connectivity index (χ3v) is 3.38. The molecule has 2 rings (SSSR count). The van der Waals surface area contributed by atoms with Crippen molar-refractivity contribution >= 4 is 0 Å². The van der Waals surface area contributed by atoms with Crippen LogP contribution in [0.4, 0.5) is 0 Å². The van der Waals surface area contributed by atoms with Gasteiger partial charge in [-0.1, -0.05) is 18.2 Å². The third-order valence-electron chi connectivity index (χ3n) is 3.38. The van der Waals surface area contributed by atoms with Crippen LogP contribution >= 0.6 is 0 Å². The fourth-order valence-corrected chi connectivity index (χ4v) is 2.40. The van der Waals surface area contributed by atoms with Crippen LogP contribution in [0.3, 0.4) is 0 Å². The van der Waals surface area contributed by atoms with Gasteiger partial charge in [-0.25, -0.2) is 0 Å². The normalized spacial score (nSPS) is 23.3. The van der Waals surface area contributed by atoms with E-state index in [9.17, 15) is 0 Å². The molecule has 0 aliphatic carbocycles. The Morgan fingerprint density at radius 2 is 2.12 bits per heavy atom. The molecule has 0 spiro atoms. The molecule has 1 aromatic rings. The minimum Gasteiger partial charge on any atom is -0.490 e. The van der Waals surface area contributed by atoms with Gasteiger partial charge in [-0.2, -0.15) is 0 Å². The van der Waals surface area contributed by atoms with Crippen LogP contribution in [0.2, 0.25) is 0 Å². The van der Waals surface area contributed by atoms with Crippen LogP contribution in [-0.2, 0) is 0 Å². The largest absolute Gasteiger partial charge is 0.490 e. The molecule has 0 bridgehead atoms. The second-order valence-corrected chi connectivity index (χ2v) is 5.04. The number of hydrogen-bond donors (Lipinski definition) is 1. The molecule has 1 heterocycles. The second kappa shape index (κ2) is 5.52. The number of rotatable bonds is 4. The molecule has 1 aliphatic rings. The van der Waals surface area contributed by atoms with Crippen LogP contribution in [0, 0.1) is 0 Å². The van der Waals surface area contributed by atoms with Gasteiger partial charge in [0.15, 0.2) is 0 Å². The molecule has 2 unspecified atom stereocenters. The van der Waals surface area contributed by atoms with E-state index in [1.54, 1.807) is 0 Å². The summed E-state index contributed by atoms with van der Waals surface area (Å²) in [5.74, 6) is 1.48. The summed E-state index contributed by atoms with van der Waals surface area (Å²) < 4.78 is 6.03. The van der Waals surface area contributed by atoms with Crippen molar-refractivity contribution in [3.8, 4) is 5.75 Å². The number of para-hydroxylation sites is 1.